The summed E-state index contributed by atoms with van der Waals surface area (Å²) in [6, 6.07) is 14.1. The molecule has 0 radical (unpaired) electrons. The SMILES string of the molecule is COC(=O)N[C@H](C(=O)N1C[C@@H](SC)C[C@H]1c1ncc(-c2ccc(-c3ccc(-c4cnc([C@@H]5CC=NN5C(=O)[C@@H](NC(=O)OC)C(C)C)[nH]4)cc3)cc2)[nH]1)C(C)C. The van der Waals surface area contributed by atoms with Crippen LogP contribution in [0.5, 0.6) is 0 Å². The lowest BCUT2D eigenvalue weighted by atomic mass is 10.0. The fraction of sp³-hybridized carbons (Fsp3) is 0.425. The highest BCUT2D eigenvalue weighted by Crippen LogP contribution is 2.37. The second kappa shape index (κ2) is 17.4. The summed E-state index contributed by atoms with van der Waals surface area (Å²) in [6.07, 6.45) is 7.19. The Bertz CT molecular complexity index is 2040. The van der Waals surface area contributed by atoms with Crippen LogP contribution in [0.25, 0.3) is 33.6 Å². The maximum atomic E-state index is 13.8. The van der Waals surface area contributed by atoms with Crippen molar-refractivity contribution >= 4 is 42.0 Å². The number of nitrogens with zero attached hydrogens (tertiary/aromatic N) is 5. The molecule has 15 nitrogen and oxygen atoms in total. The number of carbonyl (C=O) groups excluding carboxylic acids is 4. The summed E-state index contributed by atoms with van der Waals surface area (Å²) < 4.78 is 9.50. The lowest BCUT2D eigenvalue weighted by Gasteiger charge is -2.30. The van der Waals surface area contributed by atoms with Crippen LogP contribution < -0.4 is 10.6 Å². The van der Waals surface area contributed by atoms with Gasteiger partial charge in [0.25, 0.3) is 5.91 Å². The minimum Gasteiger partial charge on any atom is -0.453 e. The molecule has 4 aromatic rings. The maximum absolute atomic E-state index is 13.8. The summed E-state index contributed by atoms with van der Waals surface area (Å²) in [7, 11) is 2.55. The van der Waals surface area contributed by atoms with Gasteiger partial charge in [0, 0.05) is 24.4 Å². The van der Waals surface area contributed by atoms with Crippen molar-refractivity contribution in [3.05, 3.63) is 72.6 Å². The minimum absolute atomic E-state index is 0.124. The first-order valence-electron chi connectivity index (χ1n) is 18.6. The van der Waals surface area contributed by atoms with Crippen LogP contribution >= 0.6 is 11.8 Å². The summed E-state index contributed by atoms with van der Waals surface area (Å²) in [4.78, 5) is 69.1. The Morgan fingerprint density at radius 3 is 1.66 bits per heavy atom. The van der Waals surface area contributed by atoms with Gasteiger partial charge in [-0.1, -0.05) is 76.2 Å². The van der Waals surface area contributed by atoms with Gasteiger partial charge in [0.05, 0.1) is 44.0 Å². The second-order valence-electron chi connectivity index (χ2n) is 14.6. The van der Waals surface area contributed by atoms with Crippen LogP contribution in [0.1, 0.15) is 64.3 Å². The van der Waals surface area contributed by atoms with Gasteiger partial charge in [-0.3, -0.25) is 9.59 Å². The van der Waals surface area contributed by atoms with E-state index >= 15 is 0 Å². The van der Waals surface area contributed by atoms with Crippen molar-refractivity contribution in [2.45, 2.75) is 70.0 Å². The van der Waals surface area contributed by atoms with Crippen LogP contribution in [0.3, 0.4) is 0 Å². The molecular weight excluding hydrogens is 735 g/mol. The number of alkyl carbamates (subject to hydrolysis) is 2. The number of hydrogen-bond acceptors (Lipinski definition) is 10. The molecule has 0 spiro atoms. The number of carbonyl (C=O) groups is 4. The average molecular weight is 784 g/mol. The number of H-pyrrole nitrogens is 2. The lowest BCUT2D eigenvalue weighted by molar-refractivity contribution is -0.136. The Kier molecular flexibility index (Phi) is 12.5. The van der Waals surface area contributed by atoms with E-state index < -0.39 is 30.3 Å². The Hall–Kier alpha value is -5.64. The molecule has 4 heterocycles. The number of hydrazone groups is 1. The number of amides is 4. The first-order valence-corrected chi connectivity index (χ1v) is 19.9. The molecule has 1 saturated heterocycles. The van der Waals surface area contributed by atoms with Gasteiger partial charge in [0.15, 0.2) is 0 Å². The number of aromatic nitrogens is 4. The molecule has 2 aliphatic heterocycles. The number of aromatic amines is 2. The molecule has 4 amide bonds. The minimum atomic E-state index is -0.803. The van der Waals surface area contributed by atoms with Crippen molar-refractivity contribution in [1.29, 1.82) is 0 Å². The van der Waals surface area contributed by atoms with E-state index in [2.05, 4.69) is 42.8 Å². The van der Waals surface area contributed by atoms with Crippen LogP contribution in [-0.4, -0.2) is 104 Å². The zero-order valence-corrected chi connectivity index (χ0v) is 33.4. The van der Waals surface area contributed by atoms with E-state index in [4.69, 9.17) is 14.5 Å². The predicted molar refractivity (Wildman–Crippen MR) is 214 cm³/mol. The van der Waals surface area contributed by atoms with Gasteiger partial charge in [-0.2, -0.15) is 16.9 Å². The molecule has 0 saturated carbocycles. The third kappa shape index (κ3) is 8.59. The van der Waals surface area contributed by atoms with Gasteiger partial charge >= 0.3 is 12.2 Å². The van der Waals surface area contributed by atoms with Crippen molar-refractivity contribution in [1.82, 2.24) is 40.5 Å². The Labute approximate surface area is 330 Å². The highest BCUT2D eigenvalue weighted by molar-refractivity contribution is 7.99. The van der Waals surface area contributed by atoms with Gasteiger partial charge in [-0.15, -0.1) is 0 Å². The lowest BCUT2D eigenvalue weighted by Crippen LogP contribution is -2.51. The maximum Gasteiger partial charge on any atom is 0.407 e. The molecule has 2 aromatic heterocycles. The van der Waals surface area contributed by atoms with Gasteiger partial charge < -0.3 is 35.0 Å². The van der Waals surface area contributed by atoms with Crippen molar-refractivity contribution in [2.75, 3.05) is 27.0 Å². The Morgan fingerprint density at radius 1 is 0.732 bits per heavy atom. The molecule has 56 heavy (non-hydrogen) atoms. The molecule has 16 heteroatoms. The van der Waals surface area contributed by atoms with Crippen molar-refractivity contribution in [3.63, 3.8) is 0 Å². The molecule has 5 atom stereocenters. The average Bonchev–Trinajstić information content (AvgIpc) is 4.04. The van der Waals surface area contributed by atoms with E-state index in [9.17, 15) is 19.2 Å². The summed E-state index contributed by atoms with van der Waals surface area (Å²) in [6.45, 7) is 8.06. The van der Waals surface area contributed by atoms with E-state index in [0.29, 0.717) is 24.6 Å². The summed E-state index contributed by atoms with van der Waals surface area (Å²) in [5, 5.41) is 11.3. The largest absolute Gasteiger partial charge is 0.453 e. The Morgan fingerprint density at radius 2 is 1.20 bits per heavy atom. The molecule has 2 aliphatic rings. The first-order chi connectivity index (χ1) is 26.9. The molecule has 6 rings (SSSR count). The van der Waals surface area contributed by atoms with E-state index in [1.165, 1.54) is 19.2 Å². The quantitative estimate of drug-likeness (QED) is 0.131. The summed E-state index contributed by atoms with van der Waals surface area (Å²) >= 11 is 1.72. The Balaban J connectivity index is 1.12. The van der Waals surface area contributed by atoms with Crippen molar-refractivity contribution < 1.29 is 28.7 Å². The van der Waals surface area contributed by atoms with E-state index in [1.807, 2.05) is 75.2 Å². The number of benzene rings is 2. The number of thioether (sulfide) groups is 1. The molecule has 0 aliphatic carbocycles. The van der Waals surface area contributed by atoms with Gasteiger partial charge in [-0.05, 0) is 46.8 Å². The fourth-order valence-electron chi connectivity index (χ4n) is 7.03. The molecule has 296 valence electrons. The monoisotopic (exact) mass is 783 g/mol. The van der Waals surface area contributed by atoms with Gasteiger partial charge in [0.1, 0.15) is 29.8 Å². The molecule has 2 aromatic carbocycles. The summed E-state index contributed by atoms with van der Waals surface area (Å²) in [5.41, 5.74) is 5.61. The van der Waals surface area contributed by atoms with E-state index in [-0.39, 0.29) is 34.9 Å². The first kappa shape index (κ1) is 40.0. The van der Waals surface area contributed by atoms with Crippen LogP contribution in [0.2, 0.25) is 0 Å². The van der Waals surface area contributed by atoms with Crippen molar-refractivity contribution in [2.24, 2.45) is 16.9 Å². The summed E-state index contributed by atoms with van der Waals surface area (Å²) in [5.74, 6) is 0.512. The molecule has 0 bridgehead atoms. The molecule has 4 N–H and O–H groups in total. The molecular formula is C40H49N9O6S. The van der Waals surface area contributed by atoms with E-state index in [1.54, 1.807) is 30.4 Å². The van der Waals surface area contributed by atoms with Crippen molar-refractivity contribution in [3.8, 4) is 33.6 Å². The smallest absolute Gasteiger partial charge is 0.407 e. The van der Waals surface area contributed by atoms with Gasteiger partial charge in [0.2, 0.25) is 5.91 Å². The van der Waals surface area contributed by atoms with E-state index in [0.717, 1.165) is 40.1 Å². The van der Waals surface area contributed by atoms with Crippen LogP contribution in [0, 0.1) is 11.8 Å². The van der Waals surface area contributed by atoms with Gasteiger partial charge in [-0.25, -0.2) is 24.6 Å². The zero-order valence-electron chi connectivity index (χ0n) is 32.6. The second-order valence-corrected chi connectivity index (χ2v) is 15.7. The zero-order chi connectivity index (χ0) is 40.1. The number of rotatable bonds is 12. The topological polar surface area (TPSA) is 187 Å². The number of imidazole rings is 2. The fourth-order valence-corrected chi connectivity index (χ4v) is 7.72. The highest BCUT2D eigenvalue weighted by atomic mass is 32.2. The van der Waals surface area contributed by atoms with Crippen LogP contribution in [-0.2, 0) is 19.1 Å². The predicted octanol–water partition coefficient (Wildman–Crippen LogP) is 6.16. The number of ether oxygens (including phenoxy) is 2. The third-order valence-electron chi connectivity index (χ3n) is 10.3. The van der Waals surface area contributed by atoms with Crippen LogP contribution in [0.15, 0.2) is 66.0 Å². The highest BCUT2D eigenvalue weighted by Gasteiger charge is 2.41. The van der Waals surface area contributed by atoms with Crippen LogP contribution in [0.4, 0.5) is 9.59 Å². The number of methoxy groups -OCH3 is 2. The third-order valence-corrected chi connectivity index (χ3v) is 11.3. The normalized spacial score (nSPS) is 19.0. The number of hydrogen-bond donors (Lipinski definition) is 4. The molecule has 0 unspecified atom stereocenters. The number of nitrogens with one attached hydrogen (secondary N) is 4. The molecule has 1 fully saturated rings. The number of likely N-dealkylation sites (tertiary alicyclic amines) is 1. The standard InChI is InChI=1S/C40H49N9O6S/c1-22(2)33(46-39(52)54-5)37(50)48-21-28(56-7)18-32(48)36-42-20-30(45-36)27-14-10-25(11-15-27)24-8-12-26(13-9-24)29-19-41-35(44-29)31-16-17-43-49(31)38(51)34(23(3)4)47-40(53)55-6/h8-15,17,19-20,22-23,28,31-34H,16,18,21H2,1-7H3,(H,41,44)(H,42,45)(H,46,52)(H,47,53)/t28-,31-,32-,33-,34-/m0/s1.